The van der Waals surface area contributed by atoms with E-state index in [4.69, 9.17) is 5.11 Å². The molecule has 12 heteroatoms. The number of aromatic hydroxyl groups is 2. The van der Waals surface area contributed by atoms with Gasteiger partial charge in [0.2, 0.25) is 11.8 Å². The Kier molecular flexibility index (Phi) is 10.5. The average molecular weight is 443 g/mol. The molecule has 0 aliphatic rings. The fourth-order valence-corrected chi connectivity index (χ4v) is 2.78. The van der Waals surface area contributed by atoms with Crippen molar-refractivity contribution in [3.8, 4) is 11.5 Å². The zero-order valence-corrected chi connectivity index (χ0v) is 16.9. The van der Waals surface area contributed by atoms with Crippen molar-refractivity contribution in [2.75, 3.05) is 18.8 Å². The second-order valence-corrected chi connectivity index (χ2v) is 6.69. The fourth-order valence-electron chi connectivity index (χ4n) is 2.53. The van der Waals surface area contributed by atoms with Gasteiger partial charge in [0, 0.05) is 24.3 Å². The van der Waals surface area contributed by atoms with E-state index in [1.54, 1.807) is 0 Å². The third kappa shape index (κ3) is 8.57. The number of nitrogens with one attached hydrogen (secondary N) is 3. The molecule has 2 atom stereocenters. The van der Waals surface area contributed by atoms with Gasteiger partial charge in [-0.05, 0) is 25.0 Å². The van der Waals surface area contributed by atoms with Crippen LogP contribution in [0.25, 0.3) is 0 Å². The predicted octanol–water partition coefficient (Wildman–Crippen LogP) is -0.921. The Bertz CT molecular complexity index is 754. The Labute approximate surface area is 177 Å². The lowest BCUT2D eigenvalue weighted by atomic mass is 10.1. The molecule has 0 fully saturated rings. The second kappa shape index (κ2) is 12.5. The summed E-state index contributed by atoms with van der Waals surface area (Å²) in [6, 6.07) is 2.15. The molecule has 0 radical (unpaired) electrons. The fraction of sp³-hybridized carbons (Fsp3) is 0.444. The molecule has 0 saturated carbocycles. The van der Waals surface area contributed by atoms with Crippen LogP contribution in [0.2, 0.25) is 0 Å². The summed E-state index contributed by atoms with van der Waals surface area (Å²) < 4.78 is 0. The first-order valence-corrected chi connectivity index (χ1v) is 9.64. The number of aliphatic carboxylic acids is 2. The molecular weight excluding hydrogens is 418 g/mol. The number of carboxylic acids is 2. The third-order valence-electron chi connectivity index (χ3n) is 4.10. The first-order valence-electron chi connectivity index (χ1n) is 9.01. The van der Waals surface area contributed by atoms with Gasteiger partial charge in [-0.1, -0.05) is 6.07 Å². The van der Waals surface area contributed by atoms with Gasteiger partial charge in [-0.2, -0.15) is 12.6 Å². The smallest absolute Gasteiger partial charge is 0.322 e. The molecule has 1 aromatic rings. The van der Waals surface area contributed by atoms with Crippen LogP contribution in [-0.2, 0) is 25.6 Å². The summed E-state index contributed by atoms with van der Waals surface area (Å²) in [4.78, 5) is 45.7. The monoisotopic (exact) mass is 443 g/mol. The van der Waals surface area contributed by atoms with E-state index >= 15 is 0 Å². The number of thiol groups is 1. The van der Waals surface area contributed by atoms with Crippen LogP contribution in [0.15, 0.2) is 18.2 Å². The largest absolute Gasteiger partial charge is 0.508 e. The number of benzene rings is 1. The minimum Gasteiger partial charge on any atom is -0.508 e. The van der Waals surface area contributed by atoms with Crippen LogP contribution in [-0.4, -0.2) is 75.1 Å². The number of phenols is 2. The van der Waals surface area contributed by atoms with E-state index in [1.807, 2.05) is 0 Å². The number of carbonyl (C=O) groups is 4. The van der Waals surface area contributed by atoms with E-state index < -0.39 is 42.4 Å². The van der Waals surface area contributed by atoms with Crippen LogP contribution in [0.4, 0.5) is 0 Å². The van der Waals surface area contributed by atoms with Crippen LogP contribution in [0.3, 0.4) is 0 Å². The maximum absolute atomic E-state index is 12.0. The topological polar surface area (TPSA) is 185 Å². The summed E-state index contributed by atoms with van der Waals surface area (Å²) in [6.45, 7) is -0.475. The van der Waals surface area contributed by atoms with Crippen molar-refractivity contribution in [3.63, 3.8) is 0 Å². The molecule has 1 rings (SSSR count). The van der Waals surface area contributed by atoms with E-state index in [1.165, 1.54) is 18.2 Å². The lowest BCUT2D eigenvalue weighted by Gasteiger charge is -2.18. The Morgan fingerprint density at radius 2 is 1.67 bits per heavy atom. The van der Waals surface area contributed by atoms with Crippen molar-refractivity contribution in [2.24, 2.45) is 0 Å². The van der Waals surface area contributed by atoms with E-state index in [2.05, 4.69) is 28.6 Å². The van der Waals surface area contributed by atoms with Gasteiger partial charge >= 0.3 is 11.9 Å². The summed E-state index contributed by atoms with van der Waals surface area (Å²) in [6.07, 6.45) is -0.119. The quantitative estimate of drug-likeness (QED) is 0.178. The van der Waals surface area contributed by atoms with E-state index in [-0.39, 0.29) is 48.6 Å². The van der Waals surface area contributed by atoms with Gasteiger partial charge in [-0.3, -0.25) is 19.2 Å². The summed E-state index contributed by atoms with van der Waals surface area (Å²) in [5.74, 6) is -4.01. The molecule has 30 heavy (non-hydrogen) atoms. The third-order valence-corrected chi connectivity index (χ3v) is 4.46. The maximum Gasteiger partial charge on any atom is 0.322 e. The van der Waals surface area contributed by atoms with Gasteiger partial charge < -0.3 is 36.4 Å². The summed E-state index contributed by atoms with van der Waals surface area (Å²) in [5, 5.41) is 44.6. The summed E-state index contributed by atoms with van der Waals surface area (Å²) >= 11 is 3.94. The van der Waals surface area contributed by atoms with E-state index in [0.29, 0.717) is 0 Å². The minimum absolute atomic E-state index is 0.0676. The van der Waals surface area contributed by atoms with Gasteiger partial charge in [0.05, 0.1) is 0 Å². The molecule has 0 aliphatic carbocycles. The van der Waals surface area contributed by atoms with Gasteiger partial charge in [-0.25, -0.2) is 0 Å². The Morgan fingerprint density at radius 3 is 2.20 bits per heavy atom. The van der Waals surface area contributed by atoms with E-state index in [9.17, 15) is 34.5 Å². The molecule has 0 spiro atoms. The molecule has 0 unspecified atom stereocenters. The Hall–Kier alpha value is -2.99. The first kappa shape index (κ1) is 25.0. The highest BCUT2D eigenvalue weighted by Gasteiger charge is 2.22. The molecule has 2 amide bonds. The van der Waals surface area contributed by atoms with Gasteiger partial charge in [-0.15, -0.1) is 0 Å². The molecule has 7 N–H and O–H groups in total. The molecule has 0 heterocycles. The van der Waals surface area contributed by atoms with Crippen LogP contribution in [0, 0.1) is 0 Å². The minimum atomic E-state index is -1.24. The zero-order valence-electron chi connectivity index (χ0n) is 16.0. The van der Waals surface area contributed by atoms with Crippen molar-refractivity contribution in [1.82, 2.24) is 16.0 Å². The molecule has 11 nitrogen and oxygen atoms in total. The maximum atomic E-state index is 12.0. The van der Waals surface area contributed by atoms with Crippen LogP contribution < -0.4 is 16.0 Å². The molecule has 1 aromatic carbocycles. The van der Waals surface area contributed by atoms with Crippen LogP contribution >= 0.6 is 12.6 Å². The molecular formula is C18H25N3O8S. The number of carboxylic acid groups (broad SMARTS) is 2. The van der Waals surface area contributed by atoms with Crippen LogP contribution in [0.1, 0.15) is 18.4 Å². The number of hydrogen-bond acceptors (Lipinski definition) is 8. The average Bonchev–Trinajstić information content (AvgIpc) is 2.68. The normalized spacial score (nSPS) is 12.6. The summed E-state index contributed by atoms with van der Waals surface area (Å²) in [7, 11) is 0. The molecule has 0 saturated heterocycles. The number of hydrogen-bond donors (Lipinski definition) is 8. The Morgan fingerprint density at radius 1 is 1.03 bits per heavy atom. The number of amides is 2. The number of rotatable bonds is 13. The van der Waals surface area contributed by atoms with Crippen molar-refractivity contribution in [3.05, 3.63) is 23.8 Å². The second-order valence-electron chi connectivity index (χ2n) is 6.32. The lowest BCUT2D eigenvalue weighted by Crippen LogP contribution is -2.49. The zero-order chi connectivity index (χ0) is 22.7. The van der Waals surface area contributed by atoms with Crippen molar-refractivity contribution in [2.45, 2.75) is 31.3 Å². The van der Waals surface area contributed by atoms with Crippen molar-refractivity contribution < 1.29 is 39.6 Å². The van der Waals surface area contributed by atoms with Crippen LogP contribution in [0.5, 0.6) is 11.5 Å². The molecule has 0 bridgehead atoms. The first-order chi connectivity index (χ1) is 14.1. The Balaban J connectivity index is 2.51. The highest BCUT2D eigenvalue weighted by molar-refractivity contribution is 7.80. The van der Waals surface area contributed by atoms with Crippen molar-refractivity contribution >= 4 is 36.4 Å². The number of carbonyl (C=O) groups excluding carboxylic acids is 2. The molecule has 0 aliphatic heterocycles. The van der Waals surface area contributed by atoms with Gasteiger partial charge in [0.15, 0.2) is 0 Å². The predicted molar refractivity (Wildman–Crippen MR) is 109 cm³/mol. The lowest BCUT2D eigenvalue weighted by molar-refractivity contribution is -0.140. The van der Waals surface area contributed by atoms with Gasteiger partial charge in [0.25, 0.3) is 0 Å². The van der Waals surface area contributed by atoms with Crippen molar-refractivity contribution in [1.29, 1.82) is 0 Å². The SMILES string of the molecule is O=C(O)CNC(=O)[C@H](CS)NC(=O)CC[C@@H](NCCc1c(O)cccc1O)C(=O)O. The molecule has 166 valence electrons. The standard InChI is InChI=1S/C18H25N3O8S/c22-13-2-1-3-14(23)10(13)6-7-19-11(18(28)29)4-5-15(24)21-12(9-30)17(27)20-8-16(25)26/h1-3,11-12,19,22-23,30H,4-9H2,(H,20,27)(H,21,24)(H,25,26)(H,28,29)/t11-,12+/m1/s1. The van der Waals surface area contributed by atoms with E-state index in [0.717, 1.165) is 0 Å². The molecule has 0 aromatic heterocycles. The number of phenolic OH excluding ortho intramolecular Hbond substituents is 2. The highest BCUT2D eigenvalue weighted by atomic mass is 32.1. The summed E-state index contributed by atoms with van der Waals surface area (Å²) in [5.41, 5.74) is 0.274. The van der Waals surface area contributed by atoms with Gasteiger partial charge in [0.1, 0.15) is 30.1 Å². The highest BCUT2D eigenvalue weighted by Crippen LogP contribution is 2.26.